The predicted octanol–water partition coefficient (Wildman–Crippen LogP) is 3.21. The fourth-order valence-corrected chi connectivity index (χ4v) is 5.36. The summed E-state index contributed by atoms with van der Waals surface area (Å²) in [6, 6.07) is 15.0. The zero-order valence-electron chi connectivity index (χ0n) is 15.1. The summed E-state index contributed by atoms with van der Waals surface area (Å²) in [6.07, 6.45) is 0.570. The molecule has 7 heteroatoms. The summed E-state index contributed by atoms with van der Waals surface area (Å²) in [5, 5.41) is 3.58. The summed E-state index contributed by atoms with van der Waals surface area (Å²) in [4.78, 5) is 17.5. The van der Waals surface area contributed by atoms with Crippen LogP contribution in [-0.4, -0.2) is 37.4 Å². The number of hydrogen-bond donors (Lipinski definition) is 1. The SMILES string of the molecule is O=C(NCC1CCS(=O)(=O)C1)c1cc(-c2ccc(F)cc2)nc2ccccc12. The molecule has 1 N–H and O–H groups in total. The second-order valence-corrected chi connectivity index (χ2v) is 9.29. The lowest BCUT2D eigenvalue weighted by molar-refractivity contribution is 0.0950. The lowest BCUT2D eigenvalue weighted by atomic mass is 10.0. The number of amides is 1. The molecule has 5 nitrogen and oxygen atoms in total. The third-order valence-corrected chi connectivity index (χ3v) is 6.82. The van der Waals surface area contributed by atoms with Crippen LogP contribution in [0.2, 0.25) is 0 Å². The van der Waals surface area contributed by atoms with Crippen molar-refractivity contribution in [2.24, 2.45) is 5.92 Å². The molecule has 144 valence electrons. The molecule has 1 aromatic heterocycles. The molecule has 1 fully saturated rings. The van der Waals surface area contributed by atoms with Crippen LogP contribution >= 0.6 is 0 Å². The summed E-state index contributed by atoms with van der Waals surface area (Å²) < 4.78 is 36.5. The number of nitrogens with one attached hydrogen (secondary N) is 1. The van der Waals surface area contributed by atoms with Crippen LogP contribution in [0.4, 0.5) is 4.39 Å². The minimum absolute atomic E-state index is 0.0568. The topological polar surface area (TPSA) is 76.1 Å². The van der Waals surface area contributed by atoms with Gasteiger partial charge in [-0.15, -0.1) is 0 Å². The molecule has 1 aliphatic rings. The molecule has 2 aromatic carbocycles. The maximum absolute atomic E-state index is 13.2. The van der Waals surface area contributed by atoms with Crippen molar-refractivity contribution in [2.75, 3.05) is 18.1 Å². The highest BCUT2D eigenvalue weighted by atomic mass is 32.2. The number of rotatable bonds is 4. The largest absolute Gasteiger partial charge is 0.352 e. The number of benzene rings is 2. The van der Waals surface area contributed by atoms with Crippen LogP contribution in [0.3, 0.4) is 0 Å². The van der Waals surface area contributed by atoms with E-state index < -0.39 is 9.84 Å². The van der Waals surface area contributed by atoms with E-state index >= 15 is 0 Å². The van der Waals surface area contributed by atoms with Gasteiger partial charge in [0, 0.05) is 17.5 Å². The molecule has 1 unspecified atom stereocenters. The van der Waals surface area contributed by atoms with Gasteiger partial charge < -0.3 is 5.32 Å². The van der Waals surface area contributed by atoms with E-state index in [0.29, 0.717) is 40.7 Å². The number of aromatic nitrogens is 1. The second kappa shape index (κ2) is 7.31. The van der Waals surface area contributed by atoms with Crippen molar-refractivity contribution in [1.82, 2.24) is 10.3 Å². The predicted molar refractivity (Wildman–Crippen MR) is 106 cm³/mol. The Kier molecular flexibility index (Phi) is 4.85. The van der Waals surface area contributed by atoms with Gasteiger partial charge in [0.05, 0.1) is 28.3 Å². The lowest BCUT2D eigenvalue weighted by Gasteiger charge is -2.13. The first-order valence-electron chi connectivity index (χ1n) is 9.06. The smallest absolute Gasteiger partial charge is 0.252 e. The molecule has 0 aliphatic carbocycles. The van der Waals surface area contributed by atoms with Crippen LogP contribution in [0, 0.1) is 11.7 Å². The van der Waals surface area contributed by atoms with Gasteiger partial charge in [-0.2, -0.15) is 0 Å². The van der Waals surface area contributed by atoms with Crippen molar-refractivity contribution in [2.45, 2.75) is 6.42 Å². The third-order valence-electron chi connectivity index (χ3n) is 4.98. The van der Waals surface area contributed by atoms with Crippen molar-refractivity contribution < 1.29 is 17.6 Å². The van der Waals surface area contributed by atoms with Crippen molar-refractivity contribution in [1.29, 1.82) is 0 Å². The summed E-state index contributed by atoms with van der Waals surface area (Å²) in [5.74, 6) is -0.370. The van der Waals surface area contributed by atoms with E-state index in [1.807, 2.05) is 24.3 Å². The van der Waals surface area contributed by atoms with E-state index in [1.165, 1.54) is 12.1 Å². The van der Waals surface area contributed by atoms with Crippen LogP contribution in [0.15, 0.2) is 54.6 Å². The van der Waals surface area contributed by atoms with Gasteiger partial charge in [-0.25, -0.2) is 17.8 Å². The first kappa shape index (κ1) is 18.6. The lowest BCUT2D eigenvalue weighted by Crippen LogP contribution is -2.30. The van der Waals surface area contributed by atoms with Crippen LogP contribution in [0.25, 0.3) is 22.2 Å². The molecule has 2 heterocycles. The van der Waals surface area contributed by atoms with Crippen LogP contribution in [-0.2, 0) is 9.84 Å². The Hall–Kier alpha value is -2.80. The van der Waals surface area contributed by atoms with Crippen molar-refractivity contribution in [3.63, 3.8) is 0 Å². The molecule has 1 saturated heterocycles. The van der Waals surface area contributed by atoms with Crippen LogP contribution in [0.1, 0.15) is 16.8 Å². The van der Waals surface area contributed by atoms with Gasteiger partial charge in [-0.05, 0) is 48.7 Å². The molecule has 1 amide bonds. The average molecular weight is 398 g/mol. The number of carbonyl (C=O) groups is 1. The Morgan fingerprint density at radius 2 is 1.89 bits per heavy atom. The molecule has 0 bridgehead atoms. The number of para-hydroxylation sites is 1. The zero-order chi connectivity index (χ0) is 19.7. The Bertz CT molecular complexity index is 1140. The number of sulfone groups is 1. The molecule has 1 atom stereocenters. The number of carbonyl (C=O) groups excluding carboxylic acids is 1. The fourth-order valence-electron chi connectivity index (χ4n) is 3.50. The molecule has 0 spiro atoms. The van der Waals surface area contributed by atoms with Crippen LogP contribution in [0.5, 0.6) is 0 Å². The molecule has 1 aliphatic heterocycles. The van der Waals surface area contributed by atoms with E-state index in [9.17, 15) is 17.6 Å². The highest BCUT2D eigenvalue weighted by Crippen LogP contribution is 2.25. The van der Waals surface area contributed by atoms with Gasteiger partial charge in [0.2, 0.25) is 0 Å². The molecular weight excluding hydrogens is 379 g/mol. The quantitative estimate of drug-likeness (QED) is 0.732. The monoisotopic (exact) mass is 398 g/mol. The molecule has 0 radical (unpaired) electrons. The van der Waals surface area contributed by atoms with E-state index in [-0.39, 0.29) is 29.1 Å². The van der Waals surface area contributed by atoms with Gasteiger partial charge in [-0.1, -0.05) is 18.2 Å². The average Bonchev–Trinajstić information content (AvgIpc) is 3.04. The Balaban J connectivity index is 1.65. The van der Waals surface area contributed by atoms with Gasteiger partial charge in [0.25, 0.3) is 5.91 Å². The zero-order valence-corrected chi connectivity index (χ0v) is 15.9. The van der Waals surface area contributed by atoms with Crippen molar-refractivity contribution in [3.8, 4) is 11.3 Å². The number of pyridine rings is 1. The standard InChI is InChI=1S/C21H19FN2O3S/c22-16-7-5-15(6-8-16)20-11-18(17-3-1-2-4-19(17)24-20)21(25)23-12-14-9-10-28(26,27)13-14/h1-8,11,14H,9-10,12-13H2,(H,23,25). The maximum Gasteiger partial charge on any atom is 0.252 e. The minimum atomic E-state index is -2.98. The highest BCUT2D eigenvalue weighted by molar-refractivity contribution is 7.91. The molecule has 4 rings (SSSR count). The Morgan fingerprint density at radius 1 is 1.14 bits per heavy atom. The summed E-state index contributed by atoms with van der Waals surface area (Å²) in [7, 11) is -2.98. The molecule has 3 aromatic rings. The van der Waals surface area contributed by atoms with E-state index in [1.54, 1.807) is 18.2 Å². The Morgan fingerprint density at radius 3 is 2.61 bits per heavy atom. The Labute approximate surface area is 162 Å². The van der Waals surface area contributed by atoms with Crippen molar-refractivity contribution >= 4 is 26.6 Å². The van der Waals surface area contributed by atoms with Gasteiger partial charge >= 0.3 is 0 Å². The first-order valence-corrected chi connectivity index (χ1v) is 10.9. The second-order valence-electron chi connectivity index (χ2n) is 7.06. The van der Waals surface area contributed by atoms with Crippen molar-refractivity contribution in [3.05, 3.63) is 66.0 Å². The van der Waals surface area contributed by atoms with Gasteiger partial charge in [-0.3, -0.25) is 4.79 Å². The fraction of sp³-hybridized carbons (Fsp3) is 0.238. The van der Waals surface area contributed by atoms with Crippen LogP contribution < -0.4 is 5.32 Å². The summed E-state index contributed by atoms with van der Waals surface area (Å²) in [5.41, 5.74) is 2.42. The number of hydrogen-bond acceptors (Lipinski definition) is 4. The van der Waals surface area contributed by atoms with E-state index in [2.05, 4.69) is 10.3 Å². The first-order chi connectivity index (χ1) is 13.4. The highest BCUT2D eigenvalue weighted by Gasteiger charge is 2.28. The molecule has 28 heavy (non-hydrogen) atoms. The summed E-state index contributed by atoms with van der Waals surface area (Å²) >= 11 is 0. The molecule has 0 saturated carbocycles. The van der Waals surface area contributed by atoms with Gasteiger partial charge in [0.1, 0.15) is 5.82 Å². The van der Waals surface area contributed by atoms with E-state index in [4.69, 9.17) is 0 Å². The number of nitrogens with zero attached hydrogens (tertiary/aromatic N) is 1. The molecular formula is C21H19FN2O3S. The summed E-state index contributed by atoms with van der Waals surface area (Å²) in [6.45, 7) is 0.320. The van der Waals surface area contributed by atoms with E-state index in [0.717, 1.165) is 0 Å². The maximum atomic E-state index is 13.2. The number of fused-ring (bicyclic) bond motifs is 1. The van der Waals surface area contributed by atoms with Gasteiger partial charge in [0.15, 0.2) is 9.84 Å². The number of halogens is 1. The normalized spacial score (nSPS) is 18.2. The third kappa shape index (κ3) is 3.89. The minimum Gasteiger partial charge on any atom is -0.352 e.